The van der Waals surface area contributed by atoms with Gasteiger partial charge in [0, 0.05) is 33.3 Å². The van der Waals surface area contributed by atoms with Crippen LogP contribution < -0.4 is 0 Å². The molecule has 0 spiro atoms. The van der Waals surface area contributed by atoms with Crippen LogP contribution >= 0.6 is 0 Å². The predicted octanol–water partition coefficient (Wildman–Crippen LogP) is 10.2. The van der Waals surface area contributed by atoms with Crippen molar-refractivity contribution in [1.82, 2.24) is 4.98 Å². The summed E-state index contributed by atoms with van der Waals surface area (Å²) in [5.41, 5.74) is 12.0. The van der Waals surface area contributed by atoms with Crippen LogP contribution in [0.15, 0.2) is 121 Å². The second-order valence-electron chi connectivity index (χ2n) is 12.2. The zero-order valence-electron chi connectivity index (χ0n) is 26.1. The Kier molecular flexibility index (Phi) is 9.91. The molecule has 1 aliphatic carbocycles. The van der Waals surface area contributed by atoms with Gasteiger partial charge >= 0.3 is 0 Å². The average Bonchev–Trinajstić information content (AvgIpc) is 3.00. The van der Waals surface area contributed by atoms with Gasteiger partial charge in [0.2, 0.25) is 0 Å². The summed E-state index contributed by atoms with van der Waals surface area (Å²) in [5.74, 6) is -0.0625. The van der Waals surface area contributed by atoms with Gasteiger partial charge in [0.1, 0.15) is 0 Å². The zero-order valence-corrected chi connectivity index (χ0v) is 28.4. The van der Waals surface area contributed by atoms with Crippen molar-refractivity contribution in [2.24, 2.45) is 0 Å². The van der Waals surface area contributed by atoms with Crippen molar-refractivity contribution in [1.29, 1.82) is 0 Å². The Bertz CT molecular complexity index is 1740. The number of allylic oxidation sites excluding steroid dienone is 2. The van der Waals surface area contributed by atoms with Crippen LogP contribution in [-0.4, -0.2) is 15.9 Å². The number of nitrogens with zero attached hydrogens (tertiary/aromatic N) is 1. The molecule has 4 heteroatoms. The van der Waals surface area contributed by atoms with Crippen LogP contribution in [0.3, 0.4) is 0 Å². The summed E-state index contributed by atoms with van der Waals surface area (Å²) in [6.45, 7) is 12.3. The van der Waals surface area contributed by atoms with Crippen molar-refractivity contribution in [3.05, 3.63) is 138 Å². The van der Waals surface area contributed by atoms with E-state index in [4.69, 9.17) is 10.1 Å². The van der Waals surface area contributed by atoms with E-state index in [-0.39, 0.29) is 43.4 Å². The number of hydrogen-bond acceptors (Lipinski definition) is 3. The molecule has 0 bridgehead atoms. The van der Waals surface area contributed by atoms with E-state index in [0.717, 1.165) is 11.3 Å². The molecule has 226 valence electrons. The zero-order chi connectivity index (χ0) is 30.8. The van der Waals surface area contributed by atoms with E-state index in [0.29, 0.717) is 0 Å². The second-order valence-corrected chi connectivity index (χ2v) is 12.2. The normalized spacial score (nSPS) is 14.2. The summed E-state index contributed by atoms with van der Waals surface area (Å²) in [6, 6.07) is 40.5. The average molecular weight is 760 g/mol. The minimum Gasteiger partial charge on any atom is -0.512 e. The molecular formula is C40H38NO2Pt-. The molecule has 0 saturated carbocycles. The Labute approximate surface area is 276 Å². The topological polar surface area (TPSA) is 50.2 Å². The van der Waals surface area contributed by atoms with Crippen molar-refractivity contribution < 1.29 is 31.0 Å². The van der Waals surface area contributed by atoms with Crippen molar-refractivity contribution >= 4 is 5.78 Å². The molecule has 4 aromatic carbocycles. The van der Waals surface area contributed by atoms with E-state index < -0.39 is 0 Å². The van der Waals surface area contributed by atoms with E-state index >= 15 is 0 Å². The molecule has 1 N–H and O–H groups in total. The monoisotopic (exact) mass is 759 g/mol. The third-order valence-electron chi connectivity index (χ3n) is 8.77. The molecule has 44 heavy (non-hydrogen) atoms. The Hall–Kier alpha value is -4.07. The number of ketones is 1. The molecule has 5 aromatic rings. The predicted molar refractivity (Wildman–Crippen MR) is 178 cm³/mol. The maximum atomic E-state index is 10.0. The number of hydrogen-bond donors (Lipinski definition) is 1. The van der Waals surface area contributed by atoms with Crippen molar-refractivity contribution in [3.8, 4) is 44.6 Å². The minimum absolute atomic E-state index is 0. The Morgan fingerprint density at radius 3 is 1.77 bits per heavy atom. The van der Waals surface area contributed by atoms with Crippen molar-refractivity contribution in [2.45, 2.75) is 52.4 Å². The molecule has 1 aromatic heterocycles. The molecule has 1 aliphatic rings. The summed E-state index contributed by atoms with van der Waals surface area (Å²) in [7, 11) is 0. The van der Waals surface area contributed by atoms with Crippen LogP contribution in [0.1, 0.15) is 52.7 Å². The smallest absolute Gasteiger partial charge is 0.155 e. The fourth-order valence-electron chi connectivity index (χ4n) is 6.00. The van der Waals surface area contributed by atoms with Gasteiger partial charge in [-0.15, -0.1) is 29.3 Å². The van der Waals surface area contributed by atoms with Crippen LogP contribution in [0.25, 0.3) is 44.6 Å². The largest absolute Gasteiger partial charge is 0.512 e. The van der Waals surface area contributed by atoms with Gasteiger partial charge in [-0.05, 0) is 82.5 Å². The summed E-state index contributed by atoms with van der Waals surface area (Å²) in [4.78, 5) is 14.9. The number of aromatic nitrogens is 1. The molecule has 0 atom stereocenters. The van der Waals surface area contributed by atoms with Crippen LogP contribution in [0.2, 0.25) is 0 Å². The molecule has 0 saturated heterocycles. The molecule has 3 nitrogen and oxygen atoms in total. The molecule has 0 unspecified atom stereocenters. The molecule has 0 aliphatic heterocycles. The molecule has 1 heterocycles. The van der Waals surface area contributed by atoms with E-state index in [1.54, 1.807) is 0 Å². The minimum atomic E-state index is -0.125. The number of benzene rings is 4. The van der Waals surface area contributed by atoms with E-state index in [1.807, 2.05) is 6.20 Å². The van der Waals surface area contributed by atoms with Crippen LogP contribution in [0.5, 0.6) is 0 Å². The Morgan fingerprint density at radius 2 is 1.27 bits per heavy atom. The van der Waals surface area contributed by atoms with Crippen LogP contribution in [0, 0.1) is 6.07 Å². The van der Waals surface area contributed by atoms with E-state index in [2.05, 4.69) is 137 Å². The van der Waals surface area contributed by atoms with Gasteiger partial charge in [-0.25, -0.2) is 0 Å². The first kappa shape index (κ1) is 32.8. The first-order chi connectivity index (χ1) is 20.5. The van der Waals surface area contributed by atoms with E-state index in [1.165, 1.54) is 64.4 Å². The van der Waals surface area contributed by atoms with Crippen molar-refractivity contribution in [2.75, 3.05) is 0 Å². The number of aliphatic hydroxyl groups excluding tert-OH is 1. The molecular weight excluding hydrogens is 722 g/mol. The first-order valence-electron chi connectivity index (χ1n) is 14.7. The number of rotatable bonds is 4. The fourth-order valence-corrected chi connectivity index (χ4v) is 6.00. The molecule has 0 fully saturated rings. The van der Waals surface area contributed by atoms with Crippen LogP contribution in [0.4, 0.5) is 0 Å². The summed E-state index contributed by atoms with van der Waals surface area (Å²) >= 11 is 0. The van der Waals surface area contributed by atoms with Gasteiger partial charge < -0.3 is 10.1 Å². The van der Waals surface area contributed by atoms with Gasteiger partial charge in [0.15, 0.2) is 5.78 Å². The van der Waals surface area contributed by atoms with Gasteiger partial charge in [0.25, 0.3) is 0 Å². The van der Waals surface area contributed by atoms with Gasteiger partial charge in [-0.2, -0.15) is 0 Å². The standard InChI is InChI=1S/C35H30N.C5H8O2.Pt/c1-34(2)31-19-12-20-36-33(31)30-18-11-17-29(32(30)35(34,3)4)28-22-26(24-13-7-5-8-14-24)21-27(23-28)25-15-9-6-10-16-25;1-4(6)3-5(2)7;/h5-17,19-23H,1-4H3;3,6H,1-2H3;/q-1;;/b;4-3-;. The maximum Gasteiger partial charge on any atom is 0.155 e. The number of carbonyl (C=O) groups excluding carboxylic acids is 1. The number of aliphatic hydroxyl groups is 1. The van der Waals surface area contributed by atoms with Gasteiger partial charge in [-0.3, -0.25) is 4.79 Å². The van der Waals surface area contributed by atoms with Gasteiger partial charge in [0.05, 0.1) is 5.76 Å². The van der Waals surface area contributed by atoms with Gasteiger partial charge in [-0.1, -0.05) is 106 Å². The first-order valence-corrected chi connectivity index (χ1v) is 14.7. The van der Waals surface area contributed by atoms with Crippen LogP contribution in [-0.2, 0) is 36.7 Å². The summed E-state index contributed by atoms with van der Waals surface area (Å²) in [6.07, 6.45) is 3.07. The number of fused-ring (bicyclic) bond motifs is 3. The summed E-state index contributed by atoms with van der Waals surface area (Å²) < 4.78 is 0. The molecule has 0 amide bonds. The third-order valence-corrected chi connectivity index (χ3v) is 8.77. The molecule has 6 rings (SSSR count). The SMILES string of the molecule is CC(=O)/C=C(/C)O.CC1(C)c2cccnc2-c2[c-]ccc(-c3cc(-c4ccccc4)cc(-c4ccccc4)c3)c2C1(C)C.[Pt]. The second kappa shape index (κ2) is 13.3. The Balaban J connectivity index is 0.000000497. The third kappa shape index (κ3) is 6.40. The number of carbonyl (C=O) groups is 1. The number of pyridine rings is 1. The molecule has 0 radical (unpaired) electrons. The Morgan fingerprint density at radius 1 is 0.727 bits per heavy atom. The van der Waals surface area contributed by atoms with Crippen molar-refractivity contribution in [3.63, 3.8) is 0 Å². The summed E-state index contributed by atoms with van der Waals surface area (Å²) in [5, 5.41) is 8.36. The van der Waals surface area contributed by atoms with E-state index in [9.17, 15) is 4.79 Å². The maximum absolute atomic E-state index is 10.0. The quantitative estimate of drug-likeness (QED) is 0.113. The fraction of sp³-hybridized carbons (Fsp3) is 0.200.